The van der Waals surface area contributed by atoms with Gasteiger partial charge in [-0.15, -0.1) is 10.2 Å². The Morgan fingerprint density at radius 3 is 2.39 bits per heavy atom. The number of ether oxygens (including phenoxy) is 1. The molecule has 6 heteroatoms. The molecule has 0 aliphatic carbocycles. The molecule has 0 saturated heterocycles. The summed E-state index contributed by atoms with van der Waals surface area (Å²) in [5, 5.41) is 13.7. The number of rotatable bonds is 5. The highest BCUT2D eigenvalue weighted by Gasteiger charge is 2.16. The second-order valence-corrected chi connectivity index (χ2v) is 7.51. The third-order valence-corrected chi connectivity index (χ3v) is 5.22. The molecule has 2 aromatic carbocycles. The van der Waals surface area contributed by atoms with Crippen LogP contribution in [0.15, 0.2) is 60.9 Å². The van der Waals surface area contributed by atoms with Crippen LogP contribution in [0.4, 0.5) is 10.8 Å². The first kappa shape index (κ1) is 18.1. The zero-order valence-electron chi connectivity index (χ0n) is 15.9. The second kappa shape index (κ2) is 7.78. The third kappa shape index (κ3) is 3.73. The van der Waals surface area contributed by atoms with Crippen molar-refractivity contribution in [3.05, 3.63) is 72.1 Å². The summed E-state index contributed by atoms with van der Waals surface area (Å²) in [6.45, 7) is 4.17. The summed E-state index contributed by atoms with van der Waals surface area (Å²) in [6.07, 6.45) is 3.55. The summed E-state index contributed by atoms with van der Waals surface area (Å²) in [4.78, 5) is 4.12. The molecule has 4 aromatic rings. The first-order valence-corrected chi connectivity index (χ1v) is 9.72. The van der Waals surface area contributed by atoms with Gasteiger partial charge in [-0.3, -0.25) is 4.98 Å². The Balaban J connectivity index is 1.73. The number of aryl methyl sites for hydroxylation is 2. The fourth-order valence-corrected chi connectivity index (χ4v) is 4.04. The minimum atomic E-state index is 0.753. The van der Waals surface area contributed by atoms with Crippen molar-refractivity contribution < 1.29 is 4.74 Å². The predicted molar refractivity (Wildman–Crippen MR) is 114 cm³/mol. The molecule has 0 spiro atoms. The van der Waals surface area contributed by atoms with Gasteiger partial charge < -0.3 is 10.1 Å². The van der Waals surface area contributed by atoms with Crippen LogP contribution in [0.5, 0.6) is 5.75 Å². The molecular formula is C22H20N4OS. The Kier molecular flexibility index (Phi) is 5.04. The van der Waals surface area contributed by atoms with Gasteiger partial charge in [0.25, 0.3) is 0 Å². The fraction of sp³-hybridized carbons (Fsp3) is 0.136. The number of benzene rings is 2. The first-order valence-electron chi connectivity index (χ1n) is 8.90. The Morgan fingerprint density at radius 2 is 1.68 bits per heavy atom. The van der Waals surface area contributed by atoms with Crippen LogP contribution < -0.4 is 10.1 Å². The van der Waals surface area contributed by atoms with Crippen molar-refractivity contribution in [2.45, 2.75) is 13.8 Å². The highest BCUT2D eigenvalue weighted by molar-refractivity contribution is 7.18. The molecule has 0 atom stereocenters. The van der Waals surface area contributed by atoms with Gasteiger partial charge in [0, 0.05) is 29.2 Å². The Bertz CT molecular complexity index is 1090. The maximum Gasteiger partial charge on any atom is 0.210 e. The van der Waals surface area contributed by atoms with E-state index in [-0.39, 0.29) is 0 Å². The van der Waals surface area contributed by atoms with Gasteiger partial charge in [-0.1, -0.05) is 29.5 Å². The van der Waals surface area contributed by atoms with Crippen molar-refractivity contribution in [3.8, 4) is 27.4 Å². The van der Waals surface area contributed by atoms with Gasteiger partial charge in [0.05, 0.1) is 7.11 Å². The van der Waals surface area contributed by atoms with E-state index in [0.717, 1.165) is 38.3 Å². The van der Waals surface area contributed by atoms with Gasteiger partial charge in [0.2, 0.25) is 5.13 Å². The van der Waals surface area contributed by atoms with Crippen molar-refractivity contribution in [1.29, 1.82) is 0 Å². The van der Waals surface area contributed by atoms with E-state index in [4.69, 9.17) is 4.74 Å². The molecule has 2 aromatic heterocycles. The van der Waals surface area contributed by atoms with Crippen LogP contribution in [0.3, 0.4) is 0 Å². The van der Waals surface area contributed by atoms with Crippen molar-refractivity contribution >= 4 is 22.2 Å². The zero-order chi connectivity index (χ0) is 19.5. The summed E-state index contributed by atoms with van der Waals surface area (Å²) in [5.74, 6) is 0.794. The van der Waals surface area contributed by atoms with E-state index in [2.05, 4.69) is 52.5 Å². The second-order valence-electron chi connectivity index (χ2n) is 6.53. The molecule has 28 heavy (non-hydrogen) atoms. The van der Waals surface area contributed by atoms with Crippen LogP contribution in [-0.2, 0) is 0 Å². The minimum Gasteiger partial charge on any atom is -0.496 e. The van der Waals surface area contributed by atoms with Gasteiger partial charge in [-0.25, -0.2) is 0 Å². The SMILES string of the molecule is COc1cccc(-c2nnc(Nc3cc(C)cc(C)c3)s2)c1-c1ccncc1. The van der Waals surface area contributed by atoms with Crippen molar-refractivity contribution in [1.82, 2.24) is 15.2 Å². The molecule has 5 nitrogen and oxygen atoms in total. The number of nitrogens with zero attached hydrogens (tertiary/aromatic N) is 3. The van der Waals surface area contributed by atoms with E-state index in [9.17, 15) is 0 Å². The first-order chi connectivity index (χ1) is 13.6. The van der Waals surface area contributed by atoms with Crippen LogP contribution in [-0.4, -0.2) is 22.3 Å². The van der Waals surface area contributed by atoms with Crippen molar-refractivity contribution in [2.24, 2.45) is 0 Å². The fourth-order valence-electron chi connectivity index (χ4n) is 3.25. The molecule has 4 rings (SSSR count). The molecule has 0 radical (unpaired) electrons. The topological polar surface area (TPSA) is 59.9 Å². The number of hydrogen-bond acceptors (Lipinski definition) is 6. The lowest BCUT2D eigenvalue weighted by Crippen LogP contribution is -1.91. The average molecular weight is 388 g/mol. The molecule has 2 heterocycles. The standard InChI is InChI=1S/C22H20N4OS/c1-14-11-15(2)13-17(12-14)24-22-26-25-21(28-22)18-5-4-6-19(27-3)20(18)16-7-9-23-10-8-16/h4-13H,1-3H3,(H,24,26). The van der Waals surface area contributed by atoms with E-state index in [1.807, 2.05) is 30.3 Å². The summed E-state index contributed by atoms with van der Waals surface area (Å²) in [5.41, 5.74) is 6.43. The van der Waals surface area contributed by atoms with E-state index >= 15 is 0 Å². The van der Waals surface area contributed by atoms with E-state index in [1.54, 1.807) is 19.5 Å². The van der Waals surface area contributed by atoms with Crippen molar-refractivity contribution in [3.63, 3.8) is 0 Å². The van der Waals surface area contributed by atoms with E-state index < -0.39 is 0 Å². The van der Waals surface area contributed by atoms with Gasteiger partial charge in [0.1, 0.15) is 10.8 Å². The Labute approximate surface area is 168 Å². The molecule has 0 fully saturated rings. The number of hydrogen-bond donors (Lipinski definition) is 1. The van der Waals surface area contributed by atoms with Gasteiger partial charge in [-0.2, -0.15) is 0 Å². The molecule has 1 N–H and O–H groups in total. The highest BCUT2D eigenvalue weighted by atomic mass is 32.1. The number of anilines is 2. The maximum absolute atomic E-state index is 5.61. The lowest BCUT2D eigenvalue weighted by Gasteiger charge is -2.12. The number of nitrogens with one attached hydrogen (secondary N) is 1. The average Bonchev–Trinajstić information content (AvgIpc) is 3.15. The molecule has 0 aliphatic rings. The van der Waals surface area contributed by atoms with E-state index in [0.29, 0.717) is 0 Å². The zero-order valence-corrected chi connectivity index (χ0v) is 16.7. The van der Waals surface area contributed by atoms with Crippen LogP contribution in [0.1, 0.15) is 11.1 Å². The number of methoxy groups -OCH3 is 1. The predicted octanol–water partition coefficient (Wildman–Crippen LogP) is 5.64. The molecule has 0 unspecified atom stereocenters. The Hall–Kier alpha value is -3.25. The van der Waals surface area contributed by atoms with Crippen LogP contribution >= 0.6 is 11.3 Å². The smallest absolute Gasteiger partial charge is 0.210 e. The summed E-state index contributed by atoms with van der Waals surface area (Å²) >= 11 is 1.52. The third-order valence-electron chi connectivity index (χ3n) is 4.34. The minimum absolute atomic E-state index is 0.753. The number of aromatic nitrogens is 3. The maximum atomic E-state index is 5.61. The van der Waals surface area contributed by atoms with E-state index in [1.165, 1.54) is 22.5 Å². The van der Waals surface area contributed by atoms with Crippen LogP contribution in [0.2, 0.25) is 0 Å². The molecule has 0 saturated carbocycles. The highest BCUT2D eigenvalue weighted by Crippen LogP contribution is 2.40. The van der Waals surface area contributed by atoms with Gasteiger partial charge in [0.15, 0.2) is 0 Å². The lowest BCUT2D eigenvalue weighted by molar-refractivity contribution is 0.416. The Morgan fingerprint density at radius 1 is 0.929 bits per heavy atom. The van der Waals surface area contributed by atoms with Crippen LogP contribution in [0, 0.1) is 13.8 Å². The molecule has 0 bridgehead atoms. The van der Waals surface area contributed by atoms with Gasteiger partial charge >= 0.3 is 0 Å². The largest absolute Gasteiger partial charge is 0.496 e. The quantitative estimate of drug-likeness (QED) is 0.480. The van der Waals surface area contributed by atoms with Gasteiger partial charge in [-0.05, 0) is 60.9 Å². The molecule has 0 aliphatic heterocycles. The normalized spacial score (nSPS) is 10.7. The number of pyridine rings is 1. The lowest BCUT2D eigenvalue weighted by atomic mass is 10.00. The van der Waals surface area contributed by atoms with Crippen LogP contribution in [0.25, 0.3) is 21.7 Å². The summed E-state index contributed by atoms with van der Waals surface area (Å²) in [7, 11) is 1.68. The molecule has 140 valence electrons. The molecule has 0 amide bonds. The van der Waals surface area contributed by atoms with Crippen molar-refractivity contribution in [2.75, 3.05) is 12.4 Å². The monoisotopic (exact) mass is 388 g/mol. The summed E-state index contributed by atoms with van der Waals surface area (Å²) < 4.78 is 5.61. The molecular weight excluding hydrogens is 368 g/mol. The summed E-state index contributed by atoms with van der Waals surface area (Å²) in [6, 6.07) is 16.2.